The summed E-state index contributed by atoms with van der Waals surface area (Å²) in [6.45, 7) is 3.05. The molecule has 2 amide bonds. The van der Waals surface area contributed by atoms with Crippen LogP contribution in [0.4, 0.5) is 4.79 Å². The molecule has 1 aliphatic heterocycles. The highest BCUT2D eigenvalue weighted by molar-refractivity contribution is 5.74. The van der Waals surface area contributed by atoms with Gasteiger partial charge in [0.05, 0.1) is 12.6 Å². The van der Waals surface area contributed by atoms with E-state index in [9.17, 15) is 4.79 Å². The minimum absolute atomic E-state index is 0.0645. The molecular weight excluding hydrogens is 230 g/mol. The van der Waals surface area contributed by atoms with Crippen LogP contribution >= 0.6 is 0 Å². The Balaban J connectivity index is 1.55. The molecule has 0 radical (unpaired) electrons. The maximum Gasteiger partial charge on any atom is 0.315 e. The van der Waals surface area contributed by atoms with Crippen molar-refractivity contribution >= 4 is 6.03 Å². The second-order valence-corrected chi connectivity index (χ2v) is 5.38. The van der Waals surface area contributed by atoms with Crippen LogP contribution in [0.2, 0.25) is 0 Å². The molecule has 1 saturated carbocycles. The Bertz CT molecular complexity index is 261. The van der Waals surface area contributed by atoms with Gasteiger partial charge in [0.1, 0.15) is 0 Å². The summed E-state index contributed by atoms with van der Waals surface area (Å²) in [4.78, 5) is 14.0. The van der Waals surface area contributed by atoms with E-state index in [0.29, 0.717) is 13.2 Å². The molecular formula is C13H25N3O2. The fourth-order valence-corrected chi connectivity index (χ4v) is 2.76. The number of rotatable bonds is 5. The zero-order chi connectivity index (χ0) is 12.8. The van der Waals surface area contributed by atoms with Gasteiger partial charge in [-0.15, -0.1) is 0 Å². The summed E-state index contributed by atoms with van der Waals surface area (Å²) in [5.74, 6) is 0. The number of nitrogens with zero attached hydrogens (tertiary/aromatic N) is 1. The minimum atomic E-state index is -0.0645. The molecule has 0 aromatic heterocycles. The van der Waals surface area contributed by atoms with Crippen LogP contribution < -0.4 is 10.6 Å². The van der Waals surface area contributed by atoms with E-state index in [1.54, 1.807) is 0 Å². The molecule has 2 aliphatic rings. The fourth-order valence-electron chi connectivity index (χ4n) is 2.76. The van der Waals surface area contributed by atoms with Gasteiger partial charge in [-0.05, 0) is 26.3 Å². The zero-order valence-electron chi connectivity index (χ0n) is 11.3. The molecule has 104 valence electrons. The number of ether oxygens (including phenoxy) is 1. The van der Waals surface area contributed by atoms with Crippen LogP contribution in [0, 0.1) is 0 Å². The van der Waals surface area contributed by atoms with Crippen LogP contribution in [-0.2, 0) is 4.74 Å². The molecule has 2 N–H and O–H groups in total. The summed E-state index contributed by atoms with van der Waals surface area (Å²) in [7, 11) is 2.15. The summed E-state index contributed by atoms with van der Waals surface area (Å²) in [5.41, 5.74) is 0. The molecule has 1 unspecified atom stereocenters. The predicted octanol–water partition coefficient (Wildman–Crippen LogP) is 0.949. The van der Waals surface area contributed by atoms with E-state index in [1.807, 2.05) is 0 Å². The molecule has 2 rings (SSSR count). The first-order valence-electron chi connectivity index (χ1n) is 7.08. The number of carbonyl (C=O) groups excluding carboxylic acids is 1. The van der Waals surface area contributed by atoms with Crippen molar-refractivity contribution < 1.29 is 9.53 Å². The third kappa shape index (κ3) is 4.14. The van der Waals surface area contributed by atoms with E-state index < -0.39 is 0 Å². The first-order chi connectivity index (χ1) is 8.75. The first kappa shape index (κ1) is 13.6. The highest BCUT2D eigenvalue weighted by Crippen LogP contribution is 2.21. The van der Waals surface area contributed by atoms with Gasteiger partial charge >= 0.3 is 6.03 Å². The number of hydrogen-bond donors (Lipinski definition) is 2. The van der Waals surface area contributed by atoms with Crippen molar-refractivity contribution in [1.29, 1.82) is 0 Å². The van der Waals surface area contributed by atoms with Crippen molar-refractivity contribution in [3.63, 3.8) is 0 Å². The van der Waals surface area contributed by atoms with E-state index in [2.05, 4.69) is 22.6 Å². The maximum atomic E-state index is 11.6. The average molecular weight is 255 g/mol. The molecule has 1 atom stereocenters. The third-order valence-electron chi connectivity index (χ3n) is 3.96. The number of likely N-dealkylation sites (N-methyl/N-ethyl adjacent to an activating group) is 1. The van der Waals surface area contributed by atoms with Gasteiger partial charge in [-0.25, -0.2) is 4.79 Å². The molecule has 0 bridgehead atoms. The van der Waals surface area contributed by atoms with Gasteiger partial charge in [0, 0.05) is 25.7 Å². The van der Waals surface area contributed by atoms with E-state index >= 15 is 0 Å². The van der Waals surface area contributed by atoms with Gasteiger partial charge in [-0.3, -0.25) is 0 Å². The fraction of sp³-hybridized carbons (Fsp3) is 0.923. The minimum Gasteiger partial charge on any atom is -0.379 e. The molecule has 0 aromatic carbocycles. The van der Waals surface area contributed by atoms with Crippen molar-refractivity contribution in [2.24, 2.45) is 0 Å². The molecule has 1 heterocycles. The Morgan fingerprint density at radius 1 is 1.33 bits per heavy atom. The lowest BCUT2D eigenvalue weighted by Gasteiger charge is -2.24. The van der Waals surface area contributed by atoms with Crippen LogP contribution in [-0.4, -0.2) is 56.4 Å². The number of hydrogen-bond acceptors (Lipinski definition) is 3. The Morgan fingerprint density at radius 2 is 2.11 bits per heavy atom. The lowest BCUT2D eigenvalue weighted by molar-refractivity contribution is 0.188. The molecule has 5 heteroatoms. The Kier molecular flexibility index (Phi) is 5.26. The molecule has 5 nitrogen and oxygen atoms in total. The molecule has 1 aliphatic carbocycles. The Hall–Kier alpha value is -0.810. The normalized spacial score (nSPS) is 24.7. The SMILES string of the molecule is CN(CCNC(=O)NC1CCOC1)C1CCCC1. The van der Waals surface area contributed by atoms with Gasteiger partial charge in [0.2, 0.25) is 0 Å². The van der Waals surface area contributed by atoms with Crippen molar-refractivity contribution in [3.05, 3.63) is 0 Å². The Labute approximate surface area is 109 Å². The maximum absolute atomic E-state index is 11.6. The van der Waals surface area contributed by atoms with Crippen LogP contribution in [0.3, 0.4) is 0 Å². The molecule has 18 heavy (non-hydrogen) atoms. The summed E-state index contributed by atoms with van der Waals surface area (Å²) >= 11 is 0. The highest BCUT2D eigenvalue weighted by atomic mass is 16.5. The smallest absolute Gasteiger partial charge is 0.315 e. The number of amides is 2. The topological polar surface area (TPSA) is 53.6 Å². The first-order valence-corrected chi connectivity index (χ1v) is 7.08. The van der Waals surface area contributed by atoms with Gasteiger partial charge < -0.3 is 20.3 Å². The lowest BCUT2D eigenvalue weighted by Crippen LogP contribution is -2.45. The van der Waals surface area contributed by atoms with E-state index in [4.69, 9.17) is 4.74 Å². The third-order valence-corrected chi connectivity index (χ3v) is 3.96. The molecule has 0 spiro atoms. The largest absolute Gasteiger partial charge is 0.379 e. The predicted molar refractivity (Wildman–Crippen MR) is 70.6 cm³/mol. The lowest BCUT2D eigenvalue weighted by atomic mass is 10.2. The molecule has 0 aromatic rings. The van der Waals surface area contributed by atoms with E-state index in [-0.39, 0.29) is 12.1 Å². The number of carbonyl (C=O) groups is 1. The van der Waals surface area contributed by atoms with Gasteiger partial charge in [0.25, 0.3) is 0 Å². The van der Waals surface area contributed by atoms with Crippen LogP contribution in [0.25, 0.3) is 0 Å². The summed E-state index contributed by atoms with van der Waals surface area (Å²) in [6, 6.07) is 0.848. The quantitative estimate of drug-likeness (QED) is 0.769. The highest BCUT2D eigenvalue weighted by Gasteiger charge is 2.20. The van der Waals surface area contributed by atoms with Crippen LogP contribution in [0.15, 0.2) is 0 Å². The number of nitrogens with one attached hydrogen (secondary N) is 2. The second kappa shape index (κ2) is 6.95. The van der Waals surface area contributed by atoms with Gasteiger partial charge in [0.15, 0.2) is 0 Å². The van der Waals surface area contributed by atoms with Gasteiger partial charge in [-0.2, -0.15) is 0 Å². The summed E-state index contributed by atoms with van der Waals surface area (Å²) in [6.07, 6.45) is 6.24. The van der Waals surface area contributed by atoms with Crippen molar-refractivity contribution in [3.8, 4) is 0 Å². The van der Waals surface area contributed by atoms with Crippen molar-refractivity contribution in [2.45, 2.75) is 44.2 Å². The molecule has 1 saturated heterocycles. The monoisotopic (exact) mass is 255 g/mol. The molecule has 2 fully saturated rings. The van der Waals surface area contributed by atoms with Gasteiger partial charge in [-0.1, -0.05) is 12.8 Å². The van der Waals surface area contributed by atoms with Crippen LogP contribution in [0.5, 0.6) is 0 Å². The van der Waals surface area contributed by atoms with E-state index in [1.165, 1.54) is 25.7 Å². The summed E-state index contributed by atoms with van der Waals surface area (Å²) in [5, 5.41) is 5.85. The average Bonchev–Trinajstić information content (AvgIpc) is 3.00. The van der Waals surface area contributed by atoms with Crippen molar-refractivity contribution in [1.82, 2.24) is 15.5 Å². The summed E-state index contributed by atoms with van der Waals surface area (Å²) < 4.78 is 5.22. The van der Waals surface area contributed by atoms with Crippen LogP contribution in [0.1, 0.15) is 32.1 Å². The zero-order valence-corrected chi connectivity index (χ0v) is 11.3. The van der Waals surface area contributed by atoms with Crippen molar-refractivity contribution in [2.75, 3.05) is 33.4 Å². The Morgan fingerprint density at radius 3 is 2.78 bits per heavy atom. The standard InChI is InChI=1S/C13H25N3O2/c1-16(12-4-2-3-5-12)8-7-14-13(17)15-11-6-9-18-10-11/h11-12H,2-10H2,1H3,(H2,14,15,17). The van der Waals surface area contributed by atoms with E-state index in [0.717, 1.165) is 25.6 Å². The number of urea groups is 1. The second-order valence-electron chi connectivity index (χ2n) is 5.38.